The molecule has 0 aliphatic heterocycles. The standard InChI is InChI=1S/C31H39N3O5S/c1-5-6-20-32-31(36)25(3)33(21-26-14-12-24(2)13-15-26)30(35)22-34(40(4,37)38)28-16-18-29(19-17-28)39-23-27-10-8-7-9-11-27/h7-19,25H,5-6,20-23H2,1-4H3,(H,32,36). The molecule has 0 saturated heterocycles. The predicted octanol–water partition coefficient (Wildman–Crippen LogP) is 4.67. The van der Waals surface area contributed by atoms with E-state index in [1.165, 1.54) is 4.90 Å². The van der Waals surface area contributed by atoms with Crippen molar-refractivity contribution in [2.24, 2.45) is 0 Å². The number of carbonyl (C=O) groups excluding carboxylic acids is 2. The van der Waals surface area contributed by atoms with E-state index in [4.69, 9.17) is 4.74 Å². The maximum Gasteiger partial charge on any atom is 0.244 e. The lowest BCUT2D eigenvalue weighted by molar-refractivity contribution is -0.139. The van der Waals surface area contributed by atoms with Crippen LogP contribution in [0.1, 0.15) is 43.4 Å². The van der Waals surface area contributed by atoms with Crippen molar-refractivity contribution >= 4 is 27.5 Å². The number of unbranched alkanes of at least 4 members (excludes halogenated alkanes) is 1. The fourth-order valence-corrected chi connectivity index (χ4v) is 4.92. The number of rotatable bonds is 14. The van der Waals surface area contributed by atoms with E-state index in [0.29, 0.717) is 24.6 Å². The van der Waals surface area contributed by atoms with E-state index in [0.717, 1.165) is 40.1 Å². The topological polar surface area (TPSA) is 96.0 Å². The molecule has 2 amide bonds. The molecule has 0 heterocycles. The fraction of sp³-hybridized carbons (Fsp3) is 0.355. The van der Waals surface area contributed by atoms with Crippen LogP contribution in [0.4, 0.5) is 5.69 Å². The molecule has 8 nitrogen and oxygen atoms in total. The van der Waals surface area contributed by atoms with Crippen LogP contribution in [0.2, 0.25) is 0 Å². The molecule has 0 spiro atoms. The number of nitrogens with one attached hydrogen (secondary N) is 1. The van der Waals surface area contributed by atoms with Crippen LogP contribution in [0.25, 0.3) is 0 Å². The van der Waals surface area contributed by atoms with Crippen molar-refractivity contribution in [2.75, 3.05) is 23.7 Å². The van der Waals surface area contributed by atoms with E-state index in [9.17, 15) is 18.0 Å². The van der Waals surface area contributed by atoms with Gasteiger partial charge in [0.25, 0.3) is 0 Å². The van der Waals surface area contributed by atoms with Crippen molar-refractivity contribution < 1.29 is 22.7 Å². The smallest absolute Gasteiger partial charge is 0.244 e. The average molecular weight is 566 g/mol. The van der Waals surface area contributed by atoms with Crippen molar-refractivity contribution in [1.29, 1.82) is 0 Å². The quantitative estimate of drug-likeness (QED) is 0.287. The molecule has 0 fully saturated rings. The minimum atomic E-state index is -3.81. The number of carbonyl (C=O) groups is 2. The summed E-state index contributed by atoms with van der Waals surface area (Å²) in [4.78, 5) is 28.0. The summed E-state index contributed by atoms with van der Waals surface area (Å²) in [5.41, 5.74) is 3.26. The van der Waals surface area contributed by atoms with Crippen molar-refractivity contribution in [3.05, 3.63) is 95.6 Å². The van der Waals surface area contributed by atoms with Crippen LogP contribution >= 0.6 is 0 Å². The van der Waals surface area contributed by atoms with Crippen LogP contribution in [0.5, 0.6) is 5.75 Å². The Morgan fingerprint density at radius 1 is 0.925 bits per heavy atom. The van der Waals surface area contributed by atoms with Gasteiger partial charge in [-0.25, -0.2) is 8.42 Å². The first-order valence-electron chi connectivity index (χ1n) is 13.5. The van der Waals surface area contributed by atoms with Gasteiger partial charge in [0.05, 0.1) is 11.9 Å². The van der Waals surface area contributed by atoms with E-state index in [-0.39, 0.29) is 12.5 Å². The van der Waals surface area contributed by atoms with Crippen LogP contribution in [-0.4, -0.2) is 50.5 Å². The molecular formula is C31H39N3O5S. The van der Waals surface area contributed by atoms with Gasteiger partial charge in [-0.05, 0) is 55.7 Å². The first-order chi connectivity index (χ1) is 19.1. The second-order valence-electron chi connectivity index (χ2n) is 9.87. The number of sulfonamides is 1. The van der Waals surface area contributed by atoms with Crippen molar-refractivity contribution in [3.8, 4) is 5.75 Å². The van der Waals surface area contributed by atoms with Gasteiger partial charge in [-0.1, -0.05) is 73.5 Å². The third-order valence-corrected chi connectivity index (χ3v) is 7.66. The Morgan fingerprint density at radius 3 is 2.17 bits per heavy atom. The Morgan fingerprint density at radius 2 is 1.57 bits per heavy atom. The summed E-state index contributed by atoms with van der Waals surface area (Å²) >= 11 is 0. The molecule has 1 N–H and O–H groups in total. The zero-order chi connectivity index (χ0) is 29.1. The third-order valence-electron chi connectivity index (χ3n) is 6.52. The first-order valence-corrected chi connectivity index (χ1v) is 15.3. The zero-order valence-electron chi connectivity index (χ0n) is 23.7. The van der Waals surface area contributed by atoms with Crippen LogP contribution in [0.3, 0.4) is 0 Å². The molecule has 3 aromatic carbocycles. The fourth-order valence-electron chi connectivity index (χ4n) is 4.07. The van der Waals surface area contributed by atoms with Crippen LogP contribution in [0, 0.1) is 6.92 Å². The second-order valence-corrected chi connectivity index (χ2v) is 11.8. The summed E-state index contributed by atoms with van der Waals surface area (Å²) in [5.74, 6) is -0.181. The highest BCUT2D eigenvalue weighted by molar-refractivity contribution is 7.92. The minimum Gasteiger partial charge on any atom is -0.489 e. The molecular weight excluding hydrogens is 526 g/mol. The van der Waals surface area contributed by atoms with Crippen LogP contribution < -0.4 is 14.4 Å². The molecule has 1 atom stereocenters. The SMILES string of the molecule is CCCCNC(=O)C(C)N(Cc1ccc(C)cc1)C(=O)CN(c1ccc(OCc2ccccc2)cc1)S(C)(=O)=O. The van der Waals surface area contributed by atoms with E-state index in [1.54, 1.807) is 31.2 Å². The predicted molar refractivity (Wildman–Crippen MR) is 159 cm³/mol. The van der Waals surface area contributed by atoms with Gasteiger partial charge >= 0.3 is 0 Å². The highest BCUT2D eigenvalue weighted by Gasteiger charge is 2.30. The summed E-state index contributed by atoms with van der Waals surface area (Å²) in [5, 5.41) is 2.88. The monoisotopic (exact) mass is 565 g/mol. The number of benzene rings is 3. The van der Waals surface area contributed by atoms with Crippen molar-refractivity contribution in [2.45, 2.75) is 52.8 Å². The number of hydrogen-bond donors (Lipinski definition) is 1. The Labute approximate surface area is 238 Å². The van der Waals surface area contributed by atoms with Gasteiger partial charge in [-0.3, -0.25) is 13.9 Å². The Kier molecular flexibility index (Phi) is 11.1. The average Bonchev–Trinajstić information content (AvgIpc) is 2.94. The minimum absolute atomic E-state index is 0.172. The van der Waals surface area contributed by atoms with Crippen molar-refractivity contribution in [3.63, 3.8) is 0 Å². The first kappa shape index (κ1) is 30.7. The Bertz CT molecular complexity index is 1340. The van der Waals surface area contributed by atoms with Gasteiger partial charge in [-0.15, -0.1) is 0 Å². The highest BCUT2D eigenvalue weighted by Crippen LogP contribution is 2.23. The summed E-state index contributed by atoms with van der Waals surface area (Å²) < 4.78 is 32.5. The van der Waals surface area contributed by atoms with Gasteiger partial charge in [0, 0.05) is 13.1 Å². The largest absolute Gasteiger partial charge is 0.489 e. The number of amides is 2. The third kappa shape index (κ3) is 9.12. The van der Waals surface area contributed by atoms with E-state index in [1.807, 2.05) is 68.4 Å². The molecule has 0 saturated carbocycles. The van der Waals surface area contributed by atoms with E-state index in [2.05, 4.69) is 5.32 Å². The summed E-state index contributed by atoms with van der Waals surface area (Å²) in [7, 11) is -3.81. The summed E-state index contributed by atoms with van der Waals surface area (Å²) in [6.07, 6.45) is 2.82. The highest BCUT2D eigenvalue weighted by atomic mass is 32.2. The lowest BCUT2D eigenvalue weighted by Gasteiger charge is -2.31. The lowest BCUT2D eigenvalue weighted by atomic mass is 10.1. The molecule has 0 bridgehead atoms. The molecule has 214 valence electrons. The number of anilines is 1. The molecule has 40 heavy (non-hydrogen) atoms. The van der Waals surface area contributed by atoms with Crippen LogP contribution in [-0.2, 0) is 32.8 Å². The lowest BCUT2D eigenvalue weighted by Crippen LogP contribution is -2.51. The van der Waals surface area contributed by atoms with E-state index >= 15 is 0 Å². The van der Waals surface area contributed by atoms with Crippen molar-refractivity contribution in [1.82, 2.24) is 10.2 Å². The molecule has 3 aromatic rings. The Hall–Kier alpha value is -3.85. The van der Waals surface area contributed by atoms with Gasteiger partial charge < -0.3 is 15.0 Å². The van der Waals surface area contributed by atoms with Gasteiger partial charge in [0.15, 0.2) is 0 Å². The summed E-state index contributed by atoms with van der Waals surface area (Å²) in [6.45, 7) is 6.29. The molecule has 0 aliphatic rings. The molecule has 3 rings (SSSR count). The molecule has 1 unspecified atom stereocenters. The second kappa shape index (κ2) is 14.5. The number of aryl methyl sites for hydroxylation is 1. The number of hydrogen-bond acceptors (Lipinski definition) is 5. The van der Waals surface area contributed by atoms with E-state index < -0.39 is 28.5 Å². The normalized spacial score (nSPS) is 11.9. The molecule has 0 aliphatic carbocycles. The summed E-state index contributed by atoms with van der Waals surface area (Å²) in [6, 6.07) is 23.2. The zero-order valence-corrected chi connectivity index (χ0v) is 24.5. The van der Waals surface area contributed by atoms with Gasteiger partial charge in [0.2, 0.25) is 21.8 Å². The maximum absolute atomic E-state index is 13.7. The number of nitrogens with zero attached hydrogens (tertiary/aromatic N) is 2. The Balaban J connectivity index is 1.79. The number of ether oxygens (including phenoxy) is 1. The van der Waals surface area contributed by atoms with Gasteiger partial charge in [0.1, 0.15) is 24.9 Å². The molecule has 9 heteroatoms. The van der Waals surface area contributed by atoms with Crippen LogP contribution in [0.15, 0.2) is 78.9 Å². The van der Waals surface area contributed by atoms with Gasteiger partial charge in [-0.2, -0.15) is 0 Å². The maximum atomic E-state index is 13.7. The molecule has 0 radical (unpaired) electrons. The molecule has 0 aromatic heterocycles.